The highest BCUT2D eigenvalue weighted by Gasteiger charge is 2.39. The number of hydrogen-bond donors (Lipinski definition) is 1. The van der Waals surface area contributed by atoms with Gasteiger partial charge in [0.1, 0.15) is 0 Å². The molecule has 0 aromatic heterocycles. The number of ether oxygens (including phenoxy) is 1. The van der Waals surface area contributed by atoms with Gasteiger partial charge in [-0.15, -0.1) is 0 Å². The van der Waals surface area contributed by atoms with Crippen molar-refractivity contribution in [2.24, 2.45) is 11.8 Å². The number of hydrogen-bond acceptors (Lipinski definition) is 2. The van der Waals surface area contributed by atoms with Crippen LogP contribution in [-0.4, -0.2) is 25.3 Å². The lowest BCUT2D eigenvalue weighted by Crippen LogP contribution is -2.43. The Morgan fingerprint density at radius 1 is 1.21 bits per heavy atom. The molecule has 2 heteroatoms. The minimum absolute atomic E-state index is 0.284. The van der Waals surface area contributed by atoms with Crippen molar-refractivity contribution >= 4 is 0 Å². The Labute approximate surface area is 119 Å². The van der Waals surface area contributed by atoms with Crippen LogP contribution in [0.4, 0.5) is 0 Å². The monoisotopic (exact) mass is 267 g/mol. The summed E-state index contributed by atoms with van der Waals surface area (Å²) in [6, 6.07) is 0. The topological polar surface area (TPSA) is 21.3 Å². The molecular formula is C17H33NO. The van der Waals surface area contributed by atoms with Gasteiger partial charge < -0.3 is 10.1 Å². The summed E-state index contributed by atoms with van der Waals surface area (Å²) >= 11 is 0. The third-order valence-electron chi connectivity index (χ3n) is 5.30. The van der Waals surface area contributed by atoms with Crippen molar-refractivity contribution in [2.75, 3.05) is 19.7 Å². The molecule has 0 aromatic carbocycles. The Morgan fingerprint density at radius 3 is 2.74 bits per heavy atom. The second-order valence-electron chi connectivity index (χ2n) is 6.86. The summed E-state index contributed by atoms with van der Waals surface area (Å²) in [4.78, 5) is 0. The van der Waals surface area contributed by atoms with Gasteiger partial charge in [-0.25, -0.2) is 0 Å². The van der Waals surface area contributed by atoms with E-state index in [0.29, 0.717) is 0 Å². The van der Waals surface area contributed by atoms with E-state index in [-0.39, 0.29) is 5.60 Å². The zero-order chi connectivity index (χ0) is 13.6. The van der Waals surface area contributed by atoms with Crippen molar-refractivity contribution in [1.29, 1.82) is 0 Å². The predicted octanol–water partition coefficient (Wildman–Crippen LogP) is 4.14. The average Bonchev–Trinajstić information content (AvgIpc) is 2.44. The molecule has 2 fully saturated rings. The molecule has 0 amide bonds. The summed E-state index contributed by atoms with van der Waals surface area (Å²) in [7, 11) is 0. The first-order valence-corrected chi connectivity index (χ1v) is 8.60. The van der Waals surface area contributed by atoms with Crippen molar-refractivity contribution in [3.8, 4) is 0 Å². The SMILES string of the molecule is CCCNCCC(C)C1CCOC2(CCCCC2)C1. The van der Waals surface area contributed by atoms with Crippen molar-refractivity contribution in [1.82, 2.24) is 5.32 Å². The van der Waals surface area contributed by atoms with E-state index >= 15 is 0 Å². The average molecular weight is 267 g/mol. The molecule has 1 aliphatic carbocycles. The molecule has 2 rings (SSSR count). The smallest absolute Gasteiger partial charge is 0.0685 e. The minimum Gasteiger partial charge on any atom is -0.375 e. The molecule has 112 valence electrons. The minimum atomic E-state index is 0.284. The molecule has 2 aliphatic rings. The Kier molecular flexibility index (Phi) is 6.15. The summed E-state index contributed by atoms with van der Waals surface area (Å²) in [6.45, 7) is 8.07. The maximum Gasteiger partial charge on any atom is 0.0685 e. The van der Waals surface area contributed by atoms with Crippen LogP contribution < -0.4 is 5.32 Å². The van der Waals surface area contributed by atoms with Crippen LogP contribution in [-0.2, 0) is 4.74 Å². The fourth-order valence-corrected chi connectivity index (χ4v) is 3.96. The molecular weight excluding hydrogens is 234 g/mol. The maximum absolute atomic E-state index is 6.21. The van der Waals surface area contributed by atoms with Crippen LogP contribution in [0.1, 0.15) is 71.6 Å². The van der Waals surface area contributed by atoms with Crippen molar-refractivity contribution in [2.45, 2.75) is 77.2 Å². The highest BCUT2D eigenvalue weighted by atomic mass is 16.5. The fraction of sp³-hybridized carbons (Fsp3) is 1.00. The Hall–Kier alpha value is -0.0800. The van der Waals surface area contributed by atoms with Gasteiger partial charge in [0.05, 0.1) is 5.60 Å². The Balaban J connectivity index is 1.76. The summed E-state index contributed by atoms with van der Waals surface area (Å²) in [5, 5.41) is 3.54. The molecule has 2 nitrogen and oxygen atoms in total. The molecule has 1 spiro atoms. The van der Waals surface area contributed by atoms with E-state index in [2.05, 4.69) is 19.2 Å². The van der Waals surface area contributed by atoms with Gasteiger partial charge in [0.25, 0.3) is 0 Å². The largest absolute Gasteiger partial charge is 0.375 e. The molecule has 1 N–H and O–H groups in total. The van der Waals surface area contributed by atoms with Crippen LogP contribution in [0, 0.1) is 11.8 Å². The Morgan fingerprint density at radius 2 is 2.00 bits per heavy atom. The van der Waals surface area contributed by atoms with E-state index in [9.17, 15) is 0 Å². The molecule has 1 aliphatic heterocycles. The van der Waals surface area contributed by atoms with Gasteiger partial charge in [-0.2, -0.15) is 0 Å². The van der Waals surface area contributed by atoms with Crippen molar-refractivity contribution < 1.29 is 4.74 Å². The highest BCUT2D eigenvalue weighted by Crippen LogP contribution is 2.43. The predicted molar refractivity (Wildman–Crippen MR) is 81.4 cm³/mol. The standard InChI is InChI=1S/C17H33NO/c1-3-11-18-12-7-15(2)16-8-13-19-17(14-16)9-5-4-6-10-17/h15-16,18H,3-14H2,1-2H3. The number of nitrogens with one attached hydrogen (secondary N) is 1. The van der Waals surface area contributed by atoms with Gasteiger partial charge in [0, 0.05) is 6.61 Å². The summed E-state index contributed by atoms with van der Waals surface area (Å²) in [5.41, 5.74) is 0.284. The molecule has 0 radical (unpaired) electrons. The third-order valence-corrected chi connectivity index (χ3v) is 5.30. The van der Waals surface area contributed by atoms with E-state index in [1.807, 2.05) is 0 Å². The first-order chi connectivity index (χ1) is 9.26. The van der Waals surface area contributed by atoms with Crippen LogP contribution in [0.25, 0.3) is 0 Å². The normalized spacial score (nSPS) is 28.4. The van der Waals surface area contributed by atoms with Crippen LogP contribution >= 0.6 is 0 Å². The maximum atomic E-state index is 6.21. The van der Waals surface area contributed by atoms with E-state index in [0.717, 1.165) is 18.4 Å². The van der Waals surface area contributed by atoms with Gasteiger partial charge in [-0.05, 0) is 63.5 Å². The molecule has 1 heterocycles. The van der Waals surface area contributed by atoms with Crippen molar-refractivity contribution in [3.63, 3.8) is 0 Å². The lowest BCUT2D eigenvalue weighted by molar-refractivity contribution is -0.124. The van der Waals surface area contributed by atoms with Gasteiger partial charge in [-0.1, -0.05) is 33.1 Å². The van der Waals surface area contributed by atoms with Gasteiger partial charge in [-0.3, -0.25) is 0 Å². The van der Waals surface area contributed by atoms with Crippen LogP contribution in [0.5, 0.6) is 0 Å². The van der Waals surface area contributed by atoms with Crippen LogP contribution in [0.3, 0.4) is 0 Å². The first kappa shape index (κ1) is 15.3. The van der Waals surface area contributed by atoms with Gasteiger partial charge in [0.2, 0.25) is 0 Å². The molecule has 2 unspecified atom stereocenters. The summed E-state index contributed by atoms with van der Waals surface area (Å²) in [5.74, 6) is 1.75. The van der Waals surface area contributed by atoms with Gasteiger partial charge >= 0.3 is 0 Å². The second-order valence-corrected chi connectivity index (χ2v) is 6.86. The second kappa shape index (κ2) is 7.64. The van der Waals surface area contributed by atoms with E-state index < -0.39 is 0 Å². The molecule has 1 saturated heterocycles. The summed E-state index contributed by atoms with van der Waals surface area (Å²) < 4.78 is 6.21. The molecule has 19 heavy (non-hydrogen) atoms. The van der Waals surface area contributed by atoms with Crippen LogP contribution in [0.2, 0.25) is 0 Å². The molecule has 2 atom stereocenters. The van der Waals surface area contributed by atoms with E-state index in [1.165, 1.54) is 70.9 Å². The number of rotatable bonds is 6. The lowest BCUT2D eigenvalue weighted by Gasteiger charge is -2.45. The fourth-order valence-electron chi connectivity index (χ4n) is 3.96. The highest BCUT2D eigenvalue weighted by molar-refractivity contribution is 4.90. The van der Waals surface area contributed by atoms with E-state index in [4.69, 9.17) is 4.74 Å². The quantitative estimate of drug-likeness (QED) is 0.730. The van der Waals surface area contributed by atoms with E-state index in [1.54, 1.807) is 0 Å². The molecule has 0 bridgehead atoms. The zero-order valence-electron chi connectivity index (χ0n) is 13.0. The summed E-state index contributed by atoms with van der Waals surface area (Å²) in [6.07, 6.45) is 12.0. The first-order valence-electron chi connectivity index (χ1n) is 8.60. The molecule has 0 aromatic rings. The van der Waals surface area contributed by atoms with Crippen LogP contribution in [0.15, 0.2) is 0 Å². The molecule has 1 saturated carbocycles. The Bertz CT molecular complexity index is 242. The third kappa shape index (κ3) is 4.46. The van der Waals surface area contributed by atoms with Gasteiger partial charge in [0.15, 0.2) is 0 Å². The van der Waals surface area contributed by atoms with Crippen molar-refractivity contribution in [3.05, 3.63) is 0 Å². The zero-order valence-corrected chi connectivity index (χ0v) is 13.0. The lowest BCUT2D eigenvalue weighted by atomic mass is 9.72.